The molecule has 1 amide bonds. The molecule has 1 aromatic heterocycles. The van der Waals surface area contributed by atoms with E-state index in [1.807, 2.05) is 26.8 Å². The van der Waals surface area contributed by atoms with E-state index in [1.54, 1.807) is 36.5 Å². The summed E-state index contributed by atoms with van der Waals surface area (Å²) in [6.07, 6.45) is 1.61. The number of aromatic nitrogens is 1. The number of rotatable bonds is 8. The van der Waals surface area contributed by atoms with Gasteiger partial charge in [-0.15, -0.1) is 0 Å². The Bertz CT molecular complexity index is 640. The molecule has 128 valence electrons. The minimum Gasteiger partial charge on any atom is -0.494 e. The smallest absolute Gasteiger partial charge is 0.262 e. The number of carbonyl (C=O) groups is 1. The largest absolute Gasteiger partial charge is 0.494 e. The molecular weight excluding hydrogens is 306 g/mol. The second-order valence-corrected chi connectivity index (χ2v) is 5.47. The maximum absolute atomic E-state index is 11.9. The molecule has 1 heterocycles. The fourth-order valence-electron chi connectivity index (χ4n) is 1.99. The topological polar surface area (TPSA) is 72.5 Å². The van der Waals surface area contributed by atoms with Gasteiger partial charge in [0.05, 0.1) is 18.5 Å². The van der Waals surface area contributed by atoms with E-state index in [0.717, 1.165) is 11.6 Å². The van der Waals surface area contributed by atoms with Gasteiger partial charge in [0.15, 0.2) is 6.61 Å². The van der Waals surface area contributed by atoms with Gasteiger partial charge in [0.25, 0.3) is 5.91 Å². The molecule has 0 radical (unpaired) electrons. The van der Waals surface area contributed by atoms with Crippen LogP contribution in [0.4, 0.5) is 11.5 Å². The Kier molecular flexibility index (Phi) is 6.42. The number of hydrogen-bond acceptors (Lipinski definition) is 5. The highest BCUT2D eigenvalue weighted by molar-refractivity contribution is 5.91. The van der Waals surface area contributed by atoms with Gasteiger partial charge >= 0.3 is 0 Å². The van der Waals surface area contributed by atoms with E-state index in [1.165, 1.54) is 0 Å². The van der Waals surface area contributed by atoms with E-state index in [4.69, 9.17) is 9.47 Å². The van der Waals surface area contributed by atoms with Gasteiger partial charge in [-0.3, -0.25) is 4.79 Å². The number of pyridine rings is 1. The highest BCUT2D eigenvalue weighted by Crippen LogP contribution is 2.17. The van der Waals surface area contributed by atoms with Crippen LogP contribution >= 0.6 is 0 Å². The first-order chi connectivity index (χ1) is 11.6. The number of benzene rings is 1. The van der Waals surface area contributed by atoms with Gasteiger partial charge < -0.3 is 20.1 Å². The van der Waals surface area contributed by atoms with Gasteiger partial charge in [-0.05, 0) is 57.2 Å². The van der Waals surface area contributed by atoms with Crippen LogP contribution in [0.15, 0.2) is 42.6 Å². The first-order valence-corrected chi connectivity index (χ1v) is 7.95. The van der Waals surface area contributed by atoms with Crippen LogP contribution in [0.5, 0.6) is 11.5 Å². The highest BCUT2D eigenvalue weighted by Gasteiger charge is 2.05. The van der Waals surface area contributed by atoms with Crippen LogP contribution in [0.25, 0.3) is 0 Å². The second-order valence-electron chi connectivity index (χ2n) is 5.47. The summed E-state index contributed by atoms with van der Waals surface area (Å²) < 4.78 is 10.8. The zero-order valence-corrected chi connectivity index (χ0v) is 14.2. The fraction of sp³-hybridized carbons (Fsp3) is 0.333. The highest BCUT2D eigenvalue weighted by atomic mass is 16.5. The van der Waals surface area contributed by atoms with E-state index < -0.39 is 0 Å². The quantitative estimate of drug-likeness (QED) is 0.777. The molecule has 6 heteroatoms. The molecule has 0 aliphatic carbocycles. The first-order valence-electron chi connectivity index (χ1n) is 7.95. The van der Waals surface area contributed by atoms with Crippen LogP contribution in [-0.2, 0) is 4.79 Å². The van der Waals surface area contributed by atoms with Crippen LogP contribution in [0.2, 0.25) is 0 Å². The van der Waals surface area contributed by atoms with Crippen molar-refractivity contribution in [3.8, 4) is 11.5 Å². The van der Waals surface area contributed by atoms with Crippen molar-refractivity contribution in [2.24, 2.45) is 0 Å². The lowest BCUT2D eigenvalue weighted by Gasteiger charge is -2.10. The van der Waals surface area contributed by atoms with Crippen molar-refractivity contribution >= 4 is 17.4 Å². The van der Waals surface area contributed by atoms with Crippen LogP contribution < -0.4 is 20.1 Å². The normalized spacial score (nSPS) is 10.3. The predicted molar refractivity (Wildman–Crippen MR) is 94.7 cm³/mol. The molecule has 0 spiro atoms. The summed E-state index contributed by atoms with van der Waals surface area (Å²) in [6, 6.07) is 11.1. The van der Waals surface area contributed by atoms with Crippen molar-refractivity contribution in [3.63, 3.8) is 0 Å². The van der Waals surface area contributed by atoms with Crippen molar-refractivity contribution < 1.29 is 14.3 Å². The van der Waals surface area contributed by atoms with Gasteiger partial charge in [-0.1, -0.05) is 0 Å². The molecule has 0 saturated heterocycles. The zero-order chi connectivity index (χ0) is 17.4. The SMILES string of the molecule is CCOc1ccc(OCC(=O)Nc2ccc(NC(C)C)nc2)cc1. The number of nitrogens with zero attached hydrogens (tertiary/aromatic N) is 1. The number of hydrogen-bond donors (Lipinski definition) is 2. The minimum atomic E-state index is -0.241. The van der Waals surface area contributed by atoms with Gasteiger partial charge in [0.1, 0.15) is 17.3 Å². The Morgan fingerprint density at radius 2 is 1.75 bits per heavy atom. The molecule has 6 nitrogen and oxygen atoms in total. The van der Waals surface area contributed by atoms with Gasteiger partial charge in [0, 0.05) is 6.04 Å². The third-order valence-electron chi connectivity index (χ3n) is 2.99. The van der Waals surface area contributed by atoms with E-state index in [-0.39, 0.29) is 12.5 Å². The first kappa shape index (κ1) is 17.6. The number of amides is 1. The summed E-state index contributed by atoms with van der Waals surface area (Å²) in [5, 5.41) is 5.93. The molecule has 1 aromatic carbocycles. The third kappa shape index (κ3) is 5.79. The molecule has 0 aliphatic heterocycles. The van der Waals surface area contributed by atoms with E-state index in [0.29, 0.717) is 24.1 Å². The molecule has 24 heavy (non-hydrogen) atoms. The average Bonchev–Trinajstić information content (AvgIpc) is 2.56. The van der Waals surface area contributed by atoms with Gasteiger partial charge in [0.2, 0.25) is 0 Å². The predicted octanol–water partition coefficient (Wildman–Crippen LogP) is 3.32. The fourth-order valence-corrected chi connectivity index (χ4v) is 1.99. The number of carbonyl (C=O) groups excluding carboxylic acids is 1. The van der Waals surface area contributed by atoms with Crippen molar-refractivity contribution in [2.45, 2.75) is 26.8 Å². The minimum absolute atomic E-state index is 0.0695. The van der Waals surface area contributed by atoms with E-state index >= 15 is 0 Å². The van der Waals surface area contributed by atoms with Crippen molar-refractivity contribution in [1.29, 1.82) is 0 Å². The Labute approximate surface area is 142 Å². The van der Waals surface area contributed by atoms with Crippen LogP contribution in [0.3, 0.4) is 0 Å². The molecule has 0 atom stereocenters. The lowest BCUT2D eigenvalue weighted by molar-refractivity contribution is -0.118. The van der Waals surface area contributed by atoms with E-state index in [9.17, 15) is 4.79 Å². The van der Waals surface area contributed by atoms with E-state index in [2.05, 4.69) is 15.6 Å². The Morgan fingerprint density at radius 3 is 2.29 bits per heavy atom. The molecule has 0 aliphatic rings. The van der Waals surface area contributed by atoms with Crippen molar-refractivity contribution in [3.05, 3.63) is 42.6 Å². The number of nitrogens with one attached hydrogen (secondary N) is 2. The van der Waals surface area contributed by atoms with Crippen LogP contribution in [0, 0.1) is 0 Å². The van der Waals surface area contributed by atoms with Crippen molar-refractivity contribution in [1.82, 2.24) is 4.98 Å². The summed E-state index contributed by atoms with van der Waals surface area (Å²) in [7, 11) is 0. The summed E-state index contributed by atoms with van der Waals surface area (Å²) >= 11 is 0. The summed E-state index contributed by atoms with van der Waals surface area (Å²) in [6.45, 7) is 6.54. The summed E-state index contributed by atoms with van der Waals surface area (Å²) in [4.78, 5) is 16.2. The lowest BCUT2D eigenvalue weighted by Crippen LogP contribution is -2.20. The second kappa shape index (κ2) is 8.76. The van der Waals surface area contributed by atoms with Crippen molar-refractivity contribution in [2.75, 3.05) is 23.8 Å². The molecular formula is C18H23N3O3. The zero-order valence-electron chi connectivity index (χ0n) is 14.2. The average molecular weight is 329 g/mol. The molecule has 2 N–H and O–H groups in total. The molecule has 0 saturated carbocycles. The summed E-state index contributed by atoms with van der Waals surface area (Å²) in [5.74, 6) is 1.92. The molecule has 2 rings (SSSR count). The van der Waals surface area contributed by atoms with Gasteiger partial charge in [-0.25, -0.2) is 4.98 Å². The number of ether oxygens (including phenoxy) is 2. The standard InChI is InChI=1S/C18H23N3O3/c1-4-23-15-6-8-16(9-7-15)24-12-18(22)21-14-5-10-17(19-11-14)20-13(2)3/h5-11,13H,4,12H2,1-3H3,(H,19,20)(H,21,22). The van der Waals surface area contributed by atoms with Gasteiger partial charge in [-0.2, -0.15) is 0 Å². The summed E-state index contributed by atoms with van der Waals surface area (Å²) in [5.41, 5.74) is 0.629. The van der Waals surface area contributed by atoms with Crippen LogP contribution in [0.1, 0.15) is 20.8 Å². The molecule has 2 aromatic rings. The Hall–Kier alpha value is -2.76. The maximum atomic E-state index is 11.9. The number of anilines is 2. The Balaban J connectivity index is 1.80. The van der Waals surface area contributed by atoms with Crippen LogP contribution in [-0.4, -0.2) is 30.1 Å². The third-order valence-corrected chi connectivity index (χ3v) is 2.99. The maximum Gasteiger partial charge on any atom is 0.262 e. The molecule has 0 bridgehead atoms. The lowest BCUT2D eigenvalue weighted by atomic mass is 10.3. The molecule has 0 unspecified atom stereocenters. The monoisotopic (exact) mass is 329 g/mol. The molecule has 0 fully saturated rings. The Morgan fingerprint density at radius 1 is 1.08 bits per heavy atom.